The Morgan fingerprint density at radius 3 is 2.60 bits per heavy atom. The van der Waals surface area contributed by atoms with Gasteiger partial charge in [-0.05, 0) is 25.0 Å². The molecule has 0 bridgehead atoms. The van der Waals surface area contributed by atoms with E-state index in [0.717, 1.165) is 25.7 Å². The first-order valence-electron chi connectivity index (χ1n) is 6.58. The lowest BCUT2D eigenvalue weighted by atomic mass is 10.2. The van der Waals surface area contributed by atoms with Gasteiger partial charge in [-0.1, -0.05) is 36.7 Å². The van der Waals surface area contributed by atoms with Gasteiger partial charge in [-0.15, -0.1) is 0 Å². The van der Waals surface area contributed by atoms with E-state index in [4.69, 9.17) is 5.11 Å². The number of thioether (sulfide) groups is 1. The van der Waals surface area contributed by atoms with Gasteiger partial charge in [0, 0.05) is 18.0 Å². The third-order valence-electron chi connectivity index (χ3n) is 2.72. The number of amides is 1. The maximum absolute atomic E-state index is 12.4. The highest BCUT2D eigenvalue weighted by atomic mass is 32.2. The van der Waals surface area contributed by atoms with Gasteiger partial charge in [0.1, 0.15) is 0 Å². The highest BCUT2D eigenvalue weighted by Gasteiger charge is 2.14. The Morgan fingerprint density at radius 2 is 1.90 bits per heavy atom. The molecule has 0 aliphatic rings. The first-order valence-corrected chi connectivity index (χ1v) is 7.46. The quantitative estimate of drug-likeness (QED) is 0.544. The summed E-state index contributed by atoms with van der Waals surface area (Å²) in [7, 11) is 0. The molecule has 112 valence electrons. The molecule has 0 aliphatic carbocycles. The van der Waals surface area contributed by atoms with E-state index in [1.54, 1.807) is 18.2 Å². The molecule has 3 nitrogen and oxygen atoms in total. The molecule has 2 N–H and O–H groups in total. The number of carbonyl (C=O) groups is 1. The molecule has 0 radical (unpaired) electrons. The predicted octanol–water partition coefficient (Wildman–Crippen LogP) is 3.28. The predicted molar refractivity (Wildman–Crippen MR) is 76.2 cm³/mol. The van der Waals surface area contributed by atoms with E-state index in [0.29, 0.717) is 23.2 Å². The summed E-state index contributed by atoms with van der Waals surface area (Å²) in [6.07, 6.45) is 3.43. The first-order chi connectivity index (χ1) is 9.65. The first kappa shape index (κ1) is 16.9. The molecule has 1 aromatic carbocycles. The minimum Gasteiger partial charge on any atom is -0.396 e. The van der Waals surface area contributed by atoms with Gasteiger partial charge < -0.3 is 10.4 Å². The average molecular weight is 303 g/mol. The smallest absolute Gasteiger partial charge is 0.288 e. The largest absolute Gasteiger partial charge is 0.396 e. The zero-order chi connectivity index (χ0) is 14.8. The van der Waals surface area contributed by atoms with Gasteiger partial charge in [0.05, 0.1) is 5.56 Å². The van der Waals surface area contributed by atoms with E-state index in [-0.39, 0.29) is 18.1 Å². The Hall–Kier alpha value is -1.14. The van der Waals surface area contributed by atoms with Gasteiger partial charge in [-0.2, -0.15) is 8.78 Å². The Morgan fingerprint density at radius 1 is 1.20 bits per heavy atom. The summed E-state index contributed by atoms with van der Waals surface area (Å²) in [4.78, 5) is 12.2. The van der Waals surface area contributed by atoms with Gasteiger partial charge in [0.25, 0.3) is 11.7 Å². The Bertz CT molecular complexity index is 416. The highest BCUT2D eigenvalue weighted by Crippen LogP contribution is 2.28. The van der Waals surface area contributed by atoms with Crippen molar-refractivity contribution in [3.05, 3.63) is 29.8 Å². The fraction of sp³-hybridized carbons (Fsp3) is 0.500. The van der Waals surface area contributed by atoms with Crippen molar-refractivity contribution in [2.24, 2.45) is 0 Å². The number of unbranched alkanes of at least 4 members (excludes halogenated alkanes) is 3. The number of halogens is 2. The van der Waals surface area contributed by atoms with E-state index in [9.17, 15) is 13.6 Å². The van der Waals surface area contributed by atoms with Crippen LogP contribution in [-0.2, 0) is 0 Å². The second-order valence-electron chi connectivity index (χ2n) is 4.27. The SMILES string of the molecule is O=C(NCCCCCCO)c1ccccc1SC(F)F. The van der Waals surface area contributed by atoms with E-state index >= 15 is 0 Å². The van der Waals surface area contributed by atoms with Crippen LogP contribution in [0, 0.1) is 0 Å². The van der Waals surface area contributed by atoms with Crippen LogP contribution in [0.25, 0.3) is 0 Å². The van der Waals surface area contributed by atoms with Crippen molar-refractivity contribution in [3.8, 4) is 0 Å². The molecule has 0 unspecified atom stereocenters. The van der Waals surface area contributed by atoms with Crippen LogP contribution in [0.4, 0.5) is 8.78 Å². The van der Waals surface area contributed by atoms with Crippen LogP contribution in [0.3, 0.4) is 0 Å². The average Bonchev–Trinajstić information content (AvgIpc) is 2.42. The van der Waals surface area contributed by atoms with Crippen LogP contribution in [0.5, 0.6) is 0 Å². The van der Waals surface area contributed by atoms with Crippen molar-refractivity contribution in [3.63, 3.8) is 0 Å². The van der Waals surface area contributed by atoms with E-state index in [1.807, 2.05) is 0 Å². The van der Waals surface area contributed by atoms with Crippen LogP contribution in [0.15, 0.2) is 29.2 Å². The molecule has 1 rings (SSSR count). The lowest BCUT2D eigenvalue weighted by Crippen LogP contribution is -2.25. The topological polar surface area (TPSA) is 49.3 Å². The Labute approximate surface area is 121 Å². The molecular formula is C14H19F2NO2S. The normalized spacial score (nSPS) is 10.8. The summed E-state index contributed by atoms with van der Waals surface area (Å²) in [5.41, 5.74) is 0.285. The maximum Gasteiger partial charge on any atom is 0.288 e. The molecule has 0 aliphatic heterocycles. The van der Waals surface area contributed by atoms with Gasteiger partial charge in [-0.3, -0.25) is 4.79 Å². The van der Waals surface area contributed by atoms with Crippen molar-refractivity contribution in [2.45, 2.75) is 36.3 Å². The second-order valence-corrected chi connectivity index (χ2v) is 5.30. The van der Waals surface area contributed by atoms with E-state index in [1.165, 1.54) is 6.07 Å². The zero-order valence-electron chi connectivity index (χ0n) is 11.1. The summed E-state index contributed by atoms with van der Waals surface area (Å²) >= 11 is 0.382. The summed E-state index contributed by atoms with van der Waals surface area (Å²) in [5.74, 6) is -2.86. The molecule has 0 spiro atoms. The van der Waals surface area contributed by atoms with E-state index < -0.39 is 5.76 Å². The maximum atomic E-state index is 12.4. The zero-order valence-corrected chi connectivity index (χ0v) is 12.0. The number of carbonyl (C=O) groups excluding carboxylic acids is 1. The van der Waals surface area contributed by atoms with Crippen molar-refractivity contribution >= 4 is 17.7 Å². The fourth-order valence-electron chi connectivity index (χ4n) is 1.74. The van der Waals surface area contributed by atoms with Crippen molar-refractivity contribution in [2.75, 3.05) is 13.2 Å². The van der Waals surface area contributed by atoms with Crippen LogP contribution < -0.4 is 5.32 Å². The van der Waals surface area contributed by atoms with Gasteiger partial charge >= 0.3 is 0 Å². The van der Waals surface area contributed by atoms with Crippen LogP contribution >= 0.6 is 11.8 Å². The number of benzene rings is 1. The Balaban J connectivity index is 2.43. The summed E-state index contributed by atoms with van der Waals surface area (Å²) in [6.45, 7) is 0.697. The summed E-state index contributed by atoms with van der Waals surface area (Å²) in [5, 5.41) is 11.4. The molecule has 0 atom stereocenters. The van der Waals surface area contributed by atoms with Gasteiger partial charge in [0.2, 0.25) is 0 Å². The number of hydrogen-bond donors (Lipinski definition) is 2. The fourth-order valence-corrected chi connectivity index (χ4v) is 2.38. The van der Waals surface area contributed by atoms with Crippen LogP contribution in [0.2, 0.25) is 0 Å². The summed E-state index contributed by atoms with van der Waals surface area (Å²) < 4.78 is 24.8. The van der Waals surface area contributed by atoms with E-state index in [2.05, 4.69) is 5.32 Å². The lowest BCUT2D eigenvalue weighted by molar-refractivity contribution is 0.0950. The van der Waals surface area contributed by atoms with Gasteiger partial charge in [-0.25, -0.2) is 0 Å². The molecular weight excluding hydrogens is 284 g/mol. The third-order valence-corrected chi connectivity index (χ3v) is 3.51. The minimum atomic E-state index is -2.54. The van der Waals surface area contributed by atoms with Crippen molar-refractivity contribution in [1.29, 1.82) is 0 Å². The second kappa shape index (κ2) is 9.72. The molecule has 20 heavy (non-hydrogen) atoms. The number of aliphatic hydroxyl groups excluding tert-OH is 1. The van der Waals surface area contributed by atoms with Crippen molar-refractivity contribution < 1.29 is 18.7 Å². The van der Waals surface area contributed by atoms with Gasteiger partial charge in [0.15, 0.2) is 0 Å². The summed E-state index contributed by atoms with van der Waals surface area (Å²) in [6, 6.07) is 6.36. The van der Waals surface area contributed by atoms with Crippen LogP contribution in [0.1, 0.15) is 36.0 Å². The molecule has 0 saturated carbocycles. The molecule has 0 fully saturated rings. The number of rotatable bonds is 9. The number of hydrogen-bond acceptors (Lipinski definition) is 3. The molecule has 6 heteroatoms. The number of alkyl halides is 2. The Kier molecular flexibility index (Phi) is 8.22. The lowest BCUT2D eigenvalue weighted by Gasteiger charge is -2.09. The number of nitrogens with one attached hydrogen (secondary N) is 1. The third kappa shape index (κ3) is 6.34. The molecule has 1 aromatic rings. The minimum absolute atomic E-state index is 0.185. The monoisotopic (exact) mass is 303 g/mol. The standard InChI is InChI=1S/C14H19F2NO2S/c15-14(16)20-12-8-4-3-7-11(12)13(19)17-9-5-1-2-6-10-18/h3-4,7-8,14,18H,1-2,5-6,9-10H2,(H,17,19). The van der Waals surface area contributed by atoms with Crippen molar-refractivity contribution in [1.82, 2.24) is 5.32 Å². The molecule has 0 saturated heterocycles. The molecule has 0 heterocycles. The molecule has 0 aromatic heterocycles. The number of aliphatic hydroxyl groups is 1. The van der Waals surface area contributed by atoms with Crippen LogP contribution in [-0.4, -0.2) is 29.9 Å². The molecule has 1 amide bonds. The highest BCUT2D eigenvalue weighted by molar-refractivity contribution is 7.99.